The van der Waals surface area contributed by atoms with Crippen molar-refractivity contribution in [2.75, 3.05) is 27.2 Å². The zero-order chi connectivity index (χ0) is 18.1. The van der Waals surface area contributed by atoms with Gasteiger partial charge in [-0.25, -0.2) is 0 Å². The number of amides is 1. The normalized spacial score (nSPS) is 11.7. The number of rotatable bonds is 5. The summed E-state index contributed by atoms with van der Waals surface area (Å²) in [5.41, 5.74) is 3.45. The Bertz CT molecular complexity index is 1100. The molecule has 1 amide bonds. The molecule has 0 saturated heterocycles. The van der Waals surface area contributed by atoms with E-state index in [1.165, 1.54) is 0 Å². The summed E-state index contributed by atoms with van der Waals surface area (Å²) in [7, 11) is 4.06. The molecular formula is C21H22N4O. The van der Waals surface area contributed by atoms with E-state index in [0.717, 1.165) is 45.7 Å². The Labute approximate surface area is 152 Å². The molecule has 5 nitrogen and oxygen atoms in total. The van der Waals surface area contributed by atoms with E-state index in [9.17, 15) is 4.79 Å². The molecule has 4 rings (SSSR count). The minimum absolute atomic E-state index is 0.0698. The van der Waals surface area contributed by atoms with Crippen LogP contribution in [0.1, 0.15) is 16.8 Å². The lowest BCUT2D eigenvalue weighted by Gasteiger charge is -2.11. The van der Waals surface area contributed by atoms with Crippen molar-refractivity contribution in [3.8, 4) is 0 Å². The Morgan fingerprint density at radius 3 is 2.77 bits per heavy atom. The number of carbonyl (C=O) groups is 1. The molecule has 4 aromatic rings. The van der Waals surface area contributed by atoms with Gasteiger partial charge >= 0.3 is 0 Å². The average Bonchev–Trinajstić information content (AvgIpc) is 3.03. The highest BCUT2D eigenvalue weighted by atomic mass is 16.1. The second-order valence-corrected chi connectivity index (χ2v) is 6.83. The van der Waals surface area contributed by atoms with Gasteiger partial charge in [-0.1, -0.05) is 18.2 Å². The van der Waals surface area contributed by atoms with Gasteiger partial charge in [0.05, 0.1) is 16.6 Å². The van der Waals surface area contributed by atoms with Crippen LogP contribution in [0.3, 0.4) is 0 Å². The smallest absolute Gasteiger partial charge is 0.253 e. The van der Waals surface area contributed by atoms with Crippen LogP contribution in [0.25, 0.3) is 32.7 Å². The molecule has 0 atom stereocenters. The number of nitrogens with zero attached hydrogens (tertiary/aromatic N) is 2. The van der Waals surface area contributed by atoms with Crippen molar-refractivity contribution in [1.29, 1.82) is 0 Å². The number of aromatic nitrogens is 2. The highest BCUT2D eigenvalue weighted by Gasteiger charge is 2.16. The van der Waals surface area contributed by atoms with Crippen molar-refractivity contribution in [3.05, 3.63) is 54.2 Å². The molecule has 2 aromatic carbocycles. The van der Waals surface area contributed by atoms with Crippen LogP contribution in [-0.2, 0) is 0 Å². The number of hydrogen-bond acceptors (Lipinski definition) is 3. The monoisotopic (exact) mass is 346 g/mol. The fourth-order valence-corrected chi connectivity index (χ4v) is 3.43. The van der Waals surface area contributed by atoms with E-state index < -0.39 is 0 Å². The standard InChI is InChI=1S/C21H22N4O/c1-25(2)12-6-11-23-21(26)17-13-16-14-7-3-4-9-18(14)24-20(16)15-8-5-10-22-19(15)17/h3-5,7-10,13,24H,6,11-12H2,1-2H3,(H,23,26). The van der Waals surface area contributed by atoms with E-state index in [2.05, 4.69) is 32.3 Å². The lowest BCUT2D eigenvalue weighted by Crippen LogP contribution is -2.27. The zero-order valence-electron chi connectivity index (χ0n) is 15.0. The van der Waals surface area contributed by atoms with Crippen molar-refractivity contribution in [2.24, 2.45) is 0 Å². The maximum Gasteiger partial charge on any atom is 0.253 e. The van der Waals surface area contributed by atoms with Crippen LogP contribution in [-0.4, -0.2) is 48.0 Å². The fraction of sp³-hybridized carbons (Fsp3) is 0.238. The molecule has 0 spiro atoms. The summed E-state index contributed by atoms with van der Waals surface area (Å²) in [6.07, 6.45) is 2.65. The summed E-state index contributed by atoms with van der Waals surface area (Å²) in [5.74, 6) is -0.0698. The number of fused-ring (bicyclic) bond motifs is 5. The molecule has 0 aliphatic rings. The van der Waals surface area contributed by atoms with Crippen molar-refractivity contribution in [1.82, 2.24) is 20.2 Å². The Hall–Kier alpha value is -2.92. The Balaban J connectivity index is 1.80. The average molecular weight is 346 g/mol. The first kappa shape index (κ1) is 16.5. The largest absolute Gasteiger partial charge is 0.354 e. The molecule has 2 N–H and O–H groups in total. The summed E-state index contributed by atoms with van der Waals surface area (Å²) >= 11 is 0. The number of aromatic amines is 1. The van der Waals surface area contributed by atoms with Gasteiger partial charge in [0.1, 0.15) is 0 Å². The molecule has 2 heterocycles. The van der Waals surface area contributed by atoms with Gasteiger partial charge in [0.15, 0.2) is 0 Å². The molecule has 2 aromatic heterocycles. The van der Waals surface area contributed by atoms with Crippen molar-refractivity contribution in [3.63, 3.8) is 0 Å². The lowest BCUT2D eigenvalue weighted by molar-refractivity contribution is 0.0954. The van der Waals surface area contributed by atoms with Crippen molar-refractivity contribution >= 4 is 38.6 Å². The molecular weight excluding hydrogens is 324 g/mol. The van der Waals surface area contributed by atoms with Gasteiger partial charge in [0.25, 0.3) is 5.91 Å². The predicted octanol–water partition coefficient (Wildman–Crippen LogP) is 3.55. The molecule has 0 unspecified atom stereocenters. The van der Waals surface area contributed by atoms with Crippen LogP contribution in [0.4, 0.5) is 0 Å². The van der Waals surface area contributed by atoms with Gasteiger partial charge in [-0.05, 0) is 51.3 Å². The summed E-state index contributed by atoms with van der Waals surface area (Å²) < 4.78 is 0. The molecule has 0 aliphatic carbocycles. The lowest BCUT2D eigenvalue weighted by atomic mass is 10.0. The van der Waals surface area contributed by atoms with E-state index in [0.29, 0.717) is 12.1 Å². The number of hydrogen-bond donors (Lipinski definition) is 2. The van der Waals surface area contributed by atoms with E-state index in [1.54, 1.807) is 6.20 Å². The number of carbonyl (C=O) groups excluding carboxylic acids is 1. The summed E-state index contributed by atoms with van der Waals surface area (Å²) in [4.78, 5) is 22.9. The Kier molecular flexibility index (Phi) is 4.31. The molecule has 0 fully saturated rings. The quantitative estimate of drug-likeness (QED) is 0.543. The molecule has 0 aliphatic heterocycles. The molecule has 26 heavy (non-hydrogen) atoms. The molecule has 0 saturated carbocycles. The minimum Gasteiger partial charge on any atom is -0.354 e. The highest BCUT2D eigenvalue weighted by Crippen LogP contribution is 2.32. The molecule has 5 heteroatoms. The topological polar surface area (TPSA) is 61.0 Å². The maximum absolute atomic E-state index is 12.8. The first-order valence-electron chi connectivity index (χ1n) is 8.86. The third kappa shape index (κ3) is 2.91. The summed E-state index contributed by atoms with van der Waals surface area (Å²) in [5, 5.41) is 6.18. The minimum atomic E-state index is -0.0698. The van der Waals surface area contributed by atoms with Gasteiger partial charge in [0.2, 0.25) is 0 Å². The first-order valence-corrected chi connectivity index (χ1v) is 8.86. The van der Waals surface area contributed by atoms with Crippen LogP contribution in [0, 0.1) is 0 Å². The maximum atomic E-state index is 12.8. The van der Waals surface area contributed by atoms with Crippen LogP contribution in [0.15, 0.2) is 48.7 Å². The fourth-order valence-electron chi connectivity index (χ4n) is 3.43. The van der Waals surface area contributed by atoms with Gasteiger partial charge < -0.3 is 15.2 Å². The SMILES string of the molecule is CN(C)CCCNC(=O)c1cc2c3ccccc3[nH]c2c2cccnc12. The Morgan fingerprint density at radius 1 is 1.12 bits per heavy atom. The third-order valence-electron chi connectivity index (χ3n) is 4.68. The number of para-hydroxylation sites is 1. The second-order valence-electron chi connectivity index (χ2n) is 6.83. The third-order valence-corrected chi connectivity index (χ3v) is 4.68. The number of nitrogens with one attached hydrogen (secondary N) is 2. The van der Waals surface area contributed by atoms with Gasteiger partial charge in [-0.15, -0.1) is 0 Å². The summed E-state index contributed by atoms with van der Waals surface area (Å²) in [6, 6.07) is 14.0. The predicted molar refractivity (Wildman–Crippen MR) is 107 cm³/mol. The van der Waals surface area contributed by atoms with Gasteiger partial charge in [-0.3, -0.25) is 9.78 Å². The van der Waals surface area contributed by atoms with E-state index in [1.807, 2.05) is 44.4 Å². The second kappa shape index (κ2) is 6.77. The first-order chi connectivity index (χ1) is 12.6. The van der Waals surface area contributed by atoms with Crippen molar-refractivity contribution < 1.29 is 4.79 Å². The molecule has 0 bridgehead atoms. The number of H-pyrrole nitrogens is 1. The summed E-state index contributed by atoms with van der Waals surface area (Å²) in [6.45, 7) is 1.60. The van der Waals surface area contributed by atoms with Crippen LogP contribution < -0.4 is 5.32 Å². The van der Waals surface area contributed by atoms with E-state index >= 15 is 0 Å². The number of benzene rings is 2. The Morgan fingerprint density at radius 2 is 1.92 bits per heavy atom. The van der Waals surface area contributed by atoms with Crippen LogP contribution in [0.2, 0.25) is 0 Å². The van der Waals surface area contributed by atoms with Crippen LogP contribution in [0.5, 0.6) is 0 Å². The molecule has 132 valence electrons. The zero-order valence-corrected chi connectivity index (χ0v) is 15.0. The van der Waals surface area contributed by atoms with Crippen LogP contribution >= 0.6 is 0 Å². The van der Waals surface area contributed by atoms with Gasteiger partial charge in [-0.2, -0.15) is 0 Å². The highest BCUT2D eigenvalue weighted by molar-refractivity contribution is 6.21. The van der Waals surface area contributed by atoms with Gasteiger partial charge in [0, 0.05) is 34.4 Å². The van der Waals surface area contributed by atoms with E-state index in [4.69, 9.17) is 0 Å². The van der Waals surface area contributed by atoms with Crippen molar-refractivity contribution in [2.45, 2.75) is 6.42 Å². The number of pyridine rings is 1. The van der Waals surface area contributed by atoms with E-state index in [-0.39, 0.29) is 5.91 Å². The molecule has 0 radical (unpaired) electrons.